The van der Waals surface area contributed by atoms with Crippen molar-refractivity contribution in [1.29, 1.82) is 0 Å². The molecule has 0 radical (unpaired) electrons. The third-order valence-electron chi connectivity index (χ3n) is 2.96. The second-order valence-electron chi connectivity index (χ2n) is 4.89. The largest absolute Gasteiger partial charge is 0.497 e. The van der Waals surface area contributed by atoms with Crippen LogP contribution in [0.1, 0.15) is 25.2 Å². The first-order valence-electron chi connectivity index (χ1n) is 6.43. The fourth-order valence-electron chi connectivity index (χ4n) is 2.01. The fourth-order valence-corrected chi connectivity index (χ4v) is 2.01. The zero-order valence-corrected chi connectivity index (χ0v) is 11.6. The van der Waals surface area contributed by atoms with Crippen molar-refractivity contribution in [1.82, 2.24) is 15.0 Å². The van der Waals surface area contributed by atoms with E-state index in [1.165, 1.54) is 0 Å². The number of nitrogens with two attached hydrogens (primary N) is 1. The zero-order valence-electron chi connectivity index (χ0n) is 11.6. The molecule has 5 nitrogen and oxygen atoms in total. The Balaban J connectivity index is 2.39. The predicted molar refractivity (Wildman–Crippen MR) is 74.3 cm³/mol. The number of nitrogens with zero attached hydrogens (tertiary/aromatic N) is 3. The van der Waals surface area contributed by atoms with Crippen molar-refractivity contribution in [2.75, 3.05) is 7.11 Å². The molecule has 2 N–H and O–H groups in total. The lowest BCUT2D eigenvalue weighted by molar-refractivity contribution is 0.414. The van der Waals surface area contributed by atoms with Crippen LogP contribution in [0.5, 0.6) is 5.75 Å². The summed E-state index contributed by atoms with van der Waals surface area (Å²) in [5.74, 6) is 1.36. The van der Waals surface area contributed by atoms with Crippen molar-refractivity contribution in [3.63, 3.8) is 0 Å². The SMILES string of the molecule is COc1ccc(-n2nnc(CN)c2CC(C)C)cc1. The van der Waals surface area contributed by atoms with Crippen molar-refractivity contribution in [3.8, 4) is 11.4 Å². The molecule has 1 aromatic carbocycles. The highest BCUT2D eigenvalue weighted by atomic mass is 16.5. The third-order valence-corrected chi connectivity index (χ3v) is 2.96. The topological polar surface area (TPSA) is 66.0 Å². The van der Waals surface area contributed by atoms with E-state index in [0.717, 1.165) is 29.2 Å². The highest BCUT2D eigenvalue weighted by molar-refractivity contribution is 5.38. The van der Waals surface area contributed by atoms with Gasteiger partial charge in [-0.1, -0.05) is 19.1 Å². The summed E-state index contributed by atoms with van der Waals surface area (Å²) in [6.07, 6.45) is 0.908. The molecule has 102 valence electrons. The molecule has 2 aromatic rings. The van der Waals surface area contributed by atoms with Gasteiger partial charge in [0.1, 0.15) is 5.75 Å². The average molecular weight is 260 g/mol. The lowest BCUT2D eigenvalue weighted by atomic mass is 10.1. The summed E-state index contributed by atoms with van der Waals surface area (Å²) in [5, 5.41) is 8.37. The molecule has 1 aromatic heterocycles. The Hall–Kier alpha value is -1.88. The van der Waals surface area contributed by atoms with E-state index in [1.807, 2.05) is 28.9 Å². The molecule has 5 heteroatoms. The van der Waals surface area contributed by atoms with Crippen molar-refractivity contribution in [2.45, 2.75) is 26.8 Å². The Labute approximate surface area is 113 Å². The van der Waals surface area contributed by atoms with Crippen LogP contribution in [-0.2, 0) is 13.0 Å². The van der Waals surface area contributed by atoms with Crippen LogP contribution in [0.4, 0.5) is 0 Å². The van der Waals surface area contributed by atoms with E-state index < -0.39 is 0 Å². The summed E-state index contributed by atoms with van der Waals surface area (Å²) in [6, 6.07) is 7.77. The molecule has 0 amide bonds. The number of ether oxygens (including phenoxy) is 1. The van der Waals surface area contributed by atoms with Gasteiger partial charge in [-0.15, -0.1) is 5.10 Å². The second-order valence-corrected chi connectivity index (χ2v) is 4.89. The van der Waals surface area contributed by atoms with Gasteiger partial charge in [0, 0.05) is 6.54 Å². The number of benzene rings is 1. The molecule has 0 atom stereocenters. The van der Waals surface area contributed by atoms with Crippen LogP contribution >= 0.6 is 0 Å². The standard InChI is InChI=1S/C14H20N4O/c1-10(2)8-14-13(9-15)16-17-18(14)11-4-6-12(19-3)7-5-11/h4-7,10H,8-9,15H2,1-3H3. The van der Waals surface area contributed by atoms with Gasteiger partial charge in [0.2, 0.25) is 0 Å². The summed E-state index contributed by atoms with van der Waals surface area (Å²) in [7, 11) is 1.65. The van der Waals surface area contributed by atoms with E-state index in [9.17, 15) is 0 Å². The number of methoxy groups -OCH3 is 1. The first kappa shape index (κ1) is 13.5. The van der Waals surface area contributed by atoms with Crippen LogP contribution < -0.4 is 10.5 Å². The van der Waals surface area contributed by atoms with E-state index in [0.29, 0.717) is 12.5 Å². The Morgan fingerprint density at radius 2 is 1.95 bits per heavy atom. The molecule has 19 heavy (non-hydrogen) atoms. The normalized spacial score (nSPS) is 11.0. The molecule has 0 saturated carbocycles. The zero-order chi connectivity index (χ0) is 13.8. The maximum atomic E-state index is 5.73. The van der Waals surface area contributed by atoms with Crippen LogP contribution in [-0.4, -0.2) is 22.1 Å². The maximum absolute atomic E-state index is 5.73. The number of aromatic nitrogens is 3. The quantitative estimate of drug-likeness (QED) is 0.892. The third kappa shape index (κ3) is 2.93. The minimum Gasteiger partial charge on any atom is -0.497 e. The monoisotopic (exact) mass is 260 g/mol. The molecule has 0 aliphatic heterocycles. The average Bonchev–Trinajstić information content (AvgIpc) is 2.81. The lowest BCUT2D eigenvalue weighted by Gasteiger charge is -2.10. The maximum Gasteiger partial charge on any atom is 0.119 e. The van der Waals surface area contributed by atoms with E-state index >= 15 is 0 Å². The van der Waals surface area contributed by atoms with E-state index in [-0.39, 0.29) is 0 Å². The molecule has 2 rings (SSSR count). The number of hydrogen-bond donors (Lipinski definition) is 1. The van der Waals surface area contributed by atoms with Gasteiger partial charge in [-0.3, -0.25) is 0 Å². The minimum absolute atomic E-state index is 0.415. The van der Waals surface area contributed by atoms with Gasteiger partial charge in [0.15, 0.2) is 0 Å². The molecule has 0 unspecified atom stereocenters. The Kier molecular flexibility index (Phi) is 4.16. The minimum atomic E-state index is 0.415. The first-order valence-corrected chi connectivity index (χ1v) is 6.43. The Morgan fingerprint density at radius 1 is 1.26 bits per heavy atom. The van der Waals surface area contributed by atoms with Gasteiger partial charge in [-0.2, -0.15) is 0 Å². The molecule has 1 heterocycles. The Morgan fingerprint density at radius 3 is 2.47 bits per heavy atom. The lowest BCUT2D eigenvalue weighted by Crippen LogP contribution is -2.09. The van der Waals surface area contributed by atoms with Gasteiger partial charge < -0.3 is 10.5 Å². The molecule has 0 fully saturated rings. The molecule has 0 aliphatic carbocycles. The van der Waals surface area contributed by atoms with Gasteiger partial charge >= 0.3 is 0 Å². The van der Waals surface area contributed by atoms with Gasteiger partial charge in [-0.05, 0) is 36.6 Å². The smallest absolute Gasteiger partial charge is 0.119 e. The van der Waals surface area contributed by atoms with Crippen LogP contribution in [0.3, 0.4) is 0 Å². The number of hydrogen-bond acceptors (Lipinski definition) is 4. The van der Waals surface area contributed by atoms with E-state index in [2.05, 4.69) is 24.2 Å². The predicted octanol–water partition coefficient (Wildman–Crippen LogP) is 1.93. The van der Waals surface area contributed by atoms with Crippen molar-refractivity contribution in [3.05, 3.63) is 35.7 Å². The number of rotatable bonds is 5. The molecular formula is C14H20N4O. The van der Waals surface area contributed by atoms with Gasteiger partial charge in [-0.25, -0.2) is 4.68 Å². The van der Waals surface area contributed by atoms with Crippen molar-refractivity contribution in [2.24, 2.45) is 11.7 Å². The molecule has 0 spiro atoms. The molecule has 0 aliphatic rings. The molecular weight excluding hydrogens is 240 g/mol. The molecule has 0 saturated heterocycles. The van der Waals surface area contributed by atoms with Crippen LogP contribution in [0, 0.1) is 5.92 Å². The van der Waals surface area contributed by atoms with Crippen LogP contribution in [0.15, 0.2) is 24.3 Å². The summed E-state index contributed by atoms with van der Waals surface area (Å²) >= 11 is 0. The summed E-state index contributed by atoms with van der Waals surface area (Å²) in [6.45, 7) is 4.76. The summed E-state index contributed by atoms with van der Waals surface area (Å²) in [5.41, 5.74) is 8.65. The fraction of sp³-hybridized carbons (Fsp3) is 0.429. The van der Waals surface area contributed by atoms with E-state index in [4.69, 9.17) is 10.5 Å². The van der Waals surface area contributed by atoms with Crippen molar-refractivity contribution >= 4 is 0 Å². The molecule has 0 bridgehead atoms. The highest BCUT2D eigenvalue weighted by Gasteiger charge is 2.14. The first-order chi connectivity index (χ1) is 9.15. The van der Waals surface area contributed by atoms with Gasteiger partial charge in [0.25, 0.3) is 0 Å². The van der Waals surface area contributed by atoms with Crippen molar-refractivity contribution < 1.29 is 4.74 Å². The highest BCUT2D eigenvalue weighted by Crippen LogP contribution is 2.19. The van der Waals surface area contributed by atoms with Crippen LogP contribution in [0.25, 0.3) is 5.69 Å². The van der Waals surface area contributed by atoms with Gasteiger partial charge in [0.05, 0.1) is 24.2 Å². The second kappa shape index (κ2) is 5.84. The summed E-state index contributed by atoms with van der Waals surface area (Å²) in [4.78, 5) is 0. The summed E-state index contributed by atoms with van der Waals surface area (Å²) < 4.78 is 7.02. The van der Waals surface area contributed by atoms with Crippen LogP contribution in [0.2, 0.25) is 0 Å². The Bertz CT molecular complexity index is 531. The van der Waals surface area contributed by atoms with E-state index in [1.54, 1.807) is 7.11 Å².